The Kier molecular flexibility index (Phi) is 3.62. The SMILES string of the molecule is COc1cc(-c2cc(-c3cnn(C)c3)nc(N)c2C#N)cc2c1OCO2. The molecule has 1 aromatic carbocycles. The van der Waals surface area contributed by atoms with Crippen molar-refractivity contribution in [3.8, 4) is 45.7 Å². The summed E-state index contributed by atoms with van der Waals surface area (Å²) in [5.41, 5.74) is 9.13. The van der Waals surface area contributed by atoms with Gasteiger partial charge >= 0.3 is 0 Å². The first-order chi connectivity index (χ1) is 12.6. The maximum absolute atomic E-state index is 9.57. The van der Waals surface area contributed by atoms with E-state index in [-0.39, 0.29) is 12.6 Å². The predicted octanol–water partition coefficient (Wildman–Crippen LogP) is 2.34. The van der Waals surface area contributed by atoms with Gasteiger partial charge in [-0.1, -0.05) is 0 Å². The third kappa shape index (κ3) is 2.46. The lowest BCUT2D eigenvalue weighted by Crippen LogP contribution is -2.00. The molecular formula is C18H15N5O3. The van der Waals surface area contributed by atoms with E-state index in [4.69, 9.17) is 19.9 Å². The highest BCUT2D eigenvalue weighted by Crippen LogP contribution is 2.45. The van der Waals surface area contributed by atoms with Crippen molar-refractivity contribution in [2.75, 3.05) is 19.6 Å². The Morgan fingerprint density at radius 3 is 2.81 bits per heavy atom. The normalized spacial score (nSPS) is 12.0. The van der Waals surface area contributed by atoms with Crippen molar-refractivity contribution in [3.63, 3.8) is 0 Å². The van der Waals surface area contributed by atoms with E-state index >= 15 is 0 Å². The lowest BCUT2D eigenvalue weighted by molar-refractivity contribution is 0.171. The van der Waals surface area contributed by atoms with E-state index in [0.717, 1.165) is 11.1 Å². The minimum atomic E-state index is 0.125. The van der Waals surface area contributed by atoms with E-state index < -0.39 is 0 Å². The molecule has 0 atom stereocenters. The second-order valence-electron chi connectivity index (χ2n) is 5.74. The second kappa shape index (κ2) is 5.97. The fraction of sp³-hybridized carbons (Fsp3) is 0.167. The van der Waals surface area contributed by atoms with Gasteiger partial charge in [0.1, 0.15) is 17.5 Å². The lowest BCUT2D eigenvalue weighted by Gasteiger charge is -2.12. The van der Waals surface area contributed by atoms with Crippen LogP contribution in [-0.2, 0) is 7.05 Å². The molecule has 8 heteroatoms. The van der Waals surface area contributed by atoms with Crippen molar-refractivity contribution in [2.24, 2.45) is 7.05 Å². The number of nitriles is 1. The van der Waals surface area contributed by atoms with Crippen LogP contribution in [0.1, 0.15) is 5.56 Å². The molecule has 1 aliphatic heterocycles. The number of hydrogen-bond acceptors (Lipinski definition) is 7. The summed E-state index contributed by atoms with van der Waals surface area (Å²) in [4.78, 5) is 4.34. The third-order valence-electron chi connectivity index (χ3n) is 4.13. The molecule has 0 bridgehead atoms. The van der Waals surface area contributed by atoms with Crippen molar-refractivity contribution in [3.05, 3.63) is 36.2 Å². The van der Waals surface area contributed by atoms with E-state index in [1.807, 2.05) is 19.3 Å². The van der Waals surface area contributed by atoms with Gasteiger partial charge in [-0.25, -0.2) is 4.98 Å². The van der Waals surface area contributed by atoms with Crippen molar-refractivity contribution in [1.29, 1.82) is 5.26 Å². The highest BCUT2D eigenvalue weighted by Gasteiger charge is 2.23. The second-order valence-corrected chi connectivity index (χ2v) is 5.74. The van der Waals surface area contributed by atoms with Crippen LogP contribution >= 0.6 is 0 Å². The van der Waals surface area contributed by atoms with Crippen LogP contribution in [0.5, 0.6) is 17.2 Å². The molecule has 3 heterocycles. The highest BCUT2D eigenvalue weighted by atomic mass is 16.7. The monoisotopic (exact) mass is 349 g/mol. The first kappa shape index (κ1) is 15.8. The lowest BCUT2D eigenvalue weighted by atomic mass is 9.98. The molecule has 0 aliphatic carbocycles. The number of nitrogen functional groups attached to an aromatic ring is 1. The molecule has 1 aliphatic rings. The number of pyridine rings is 1. The molecule has 0 spiro atoms. The Balaban J connectivity index is 1.94. The van der Waals surface area contributed by atoms with Gasteiger partial charge in [-0.15, -0.1) is 0 Å². The van der Waals surface area contributed by atoms with E-state index in [1.54, 1.807) is 30.1 Å². The van der Waals surface area contributed by atoms with E-state index in [1.165, 1.54) is 0 Å². The van der Waals surface area contributed by atoms with Gasteiger partial charge in [0.2, 0.25) is 12.5 Å². The van der Waals surface area contributed by atoms with Crippen LogP contribution in [-0.4, -0.2) is 28.7 Å². The summed E-state index contributed by atoms with van der Waals surface area (Å²) in [5, 5.41) is 13.7. The number of ether oxygens (including phenoxy) is 3. The summed E-state index contributed by atoms with van der Waals surface area (Å²) in [6.07, 6.45) is 3.52. The molecule has 2 aromatic heterocycles. The topological polar surface area (TPSA) is 108 Å². The Morgan fingerprint density at radius 1 is 1.27 bits per heavy atom. The van der Waals surface area contributed by atoms with Gasteiger partial charge in [0.25, 0.3) is 0 Å². The molecule has 4 rings (SSSR count). The summed E-state index contributed by atoms with van der Waals surface area (Å²) in [6.45, 7) is 0.125. The van der Waals surface area contributed by atoms with Gasteiger partial charge in [0.05, 0.1) is 19.0 Å². The fourth-order valence-electron chi connectivity index (χ4n) is 2.90. The average Bonchev–Trinajstić information content (AvgIpc) is 3.28. The number of methoxy groups -OCH3 is 1. The quantitative estimate of drug-likeness (QED) is 0.773. The standard InChI is InChI=1S/C18H15N5O3/c1-23-8-11(7-21-23)14-5-12(13(6-19)18(20)22-14)10-3-15(24-2)17-16(4-10)25-9-26-17/h3-5,7-8H,9H2,1-2H3,(H2,20,22). The number of benzene rings is 1. The first-order valence-corrected chi connectivity index (χ1v) is 7.78. The number of fused-ring (bicyclic) bond motifs is 1. The molecule has 0 fully saturated rings. The number of nitrogens with zero attached hydrogens (tertiary/aromatic N) is 4. The van der Waals surface area contributed by atoms with E-state index in [0.29, 0.717) is 34.1 Å². The molecule has 26 heavy (non-hydrogen) atoms. The number of anilines is 1. The Morgan fingerprint density at radius 2 is 2.12 bits per heavy atom. The number of aryl methyl sites for hydroxylation is 1. The van der Waals surface area contributed by atoms with Crippen molar-refractivity contribution in [1.82, 2.24) is 14.8 Å². The zero-order chi connectivity index (χ0) is 18.3. The van der Waals surface area contributed by atoms with E-state index in [9.17, 15) is 5.26 Å². The molecule has 2 N–H and O–H groups in total. The molecule has 0 amide bonds. The van der Waals surface area contributed by atoms with Gasteiger partial charge in [-0.2, -0.15) is 10.4 Å². The number of hydrogen-bond donors (Lipinski definition) is 1. The number of nitrogens with two attached hydrogens (primary N) is 1. The van der Waals surface area contributed by atoms with Crippen molar-refractivity contribution in [2.45, 2.75) is 0 Å². The van der Waals surface area contributed by atoms with Crippen LogP contribution in [0.4, 0.5) is 5.82 Å². The van der Waals surface area contributed by atoms with Crippen LogP contribution in [0.25, 0.3) is 22.4 Å². The zero-order valence-electron chi connectivity index (χ0n) is 14.2. The molecule has 130 valence electrons. The molecule has 0 unspecified atom stereocenters. The fourth-order valence-corrected chi connectivity index (χ4v) is 2.90. The van der Waals surface area contributed by atoms with Crippen LogP contribution in [0, 0.1) is 11.3 Å². The first-order valence-electron chi connectivity index (χ1n) is 7.78. The van der Waals surface area contributed by atoms with Crippen LogP contribution < -0.4 is 19.9 Å². The van der Waals surface area contributed by atoms with Gasteiger partial charge in [0.15, 0.2) is 11.5 Å². The Bertz CT molecular complexity index is 1050. The number of rotatable bonds is 3. The summed E-state index contributed by atoms with van der Waals surface area (Å²) >= 11 is 0. The van der Waals surface area contributed by atoms with E-state index in [2.05, 4.69) is 16.2 Å². The summed E-state index contributed by atoms with van der Waals surface area (Å²) < 4.78 is 18.0. The Labute approximate surface area is 149 Å². The molecule has 0 radical (unpaired) electrons. The molecule has 0 saturated carbocycles. The van der Waals surface area contributed by atoms with Crippen LogP contribution in [0.3, 0.4) is 0 Å². The summed E-state index contributed by atoms with van der Waals surface area (Å²) in [7, 11) is 3.37. The third-order valence-corrected chi connectivity index (χ3v) is 4.13. The molecule has 8 nitrogen and oxygen atoms in total. The molecule has 0 saturated heterocycles. The summed E-state index contributed by atoms with van der Waals surface area (Å²) in [6, 6.07) is 7.53. The van der Waals surface area contributed by atoms with Gasteiger partial charge in [0, 0.05) is 24.4 Å². The minimum absolute atomic E-state index is 0.125. The predicted molar refractivity (Wildman–Crippen MR) is 93.7 cm³/mol. The van der Waals surface area contributed by atoms with Crippen LogP contribution in [0.2, 0.25) is 0 Å². The largest absolute Gasteiger partial charge is 0.493 e. The van der Waals surface area contributed by atoms with Gasteiger partial charge in [-0.05, 0) is 23.8 Å². The maximum atomic E-state index is 9.57. The maximum Gasteiger partial charge on any atom is 0.231 e. The minimum Gasteiger partial charge on any atom is -0.493 e. The smallest absolute Gasteiger partial charge is 0.231 e. The van der Waals surface area contributed by atoms with Crippen molar-refractivity contribution >= 4 is 5.82 Å². The van der Waals surface area contributed by atoms with Crippen molar-refractivity contribution < 1.29 is 14.2 Å². The summed E-state index contributed by atoms with van der Waals surface area (Å²) in [5.74, 6) is 1.78. The average molecular weight is 349 g/mol. The van der Waals surface area contributed by atoms with Gasteiger partial charge in [-0.3, -0.25) is 4.68 Å². The highest BCUT2D eigenvalue weighted by molar-refractivity contribution is 5.82. The zero-order valence-corrected chi connectivity index (χ0v) is 14.2. The van der Waals surface area contributed by atoms with Gasteiger partial charge < -0.3 is 19.9 Å². The molecular weight excluding hydrogens is 334 g/mol. The van der Waals surface area contributed by atoms with Crippen LogP contribution in [0.15, 0.2) is 30.6 Å². The number of aromatic nitrogens is 3. The Hall–Kier alpha value is -3.73. The molecule has 3 aromatic rings.